The first kappa shape index (κ1) is 19.9. The molecule has 7 nitrogen and oxygen atoms in total. The highest BCUT2D eigenvalue weighted by Crippen LogP contribution is 2.28. The maximum absolute atomic E-state index is 13.1. The molecule has 3 N–H and O–H groups in total. The molecule has 3 aromatic heterocycles. The van der Waals surface area contributed by atoms with E-state index in [2.05, 4.69) is 10.4 Å². The highest BCUT2D eigenvalue weighted by atomic mass is 32.1. The molecule has 2 aromatic carbocycles. The fourth-order valence-corrected chi connectivity index (χ4v) is 4.15. The van der Waals surface area contributed by atoms with Gasteiger partial charge in [-0.3, -0.25) is 4.79 Å². The number of fused-ring (bicyclic) bond motifs is 2. The second kappa shape index (κ2) is 8.24. The minimum Gasteiger partial charge on any atom is -0.383 e. The van der Waals surface area contributed by atoms with Crippen molar-refractivity contribution in [2.75, 3.05) is 5.73 Å². The number of carbonyl (C=O) groups excluding carboxylic acids is 1. The minimum absolute atomic E-state index is 0.198. The molecule has 0 radical (unpaired) electrons. The van der Waals surface area contributed by atoms with E-state index < -0.39 is 0 Å². The number of nitrogens with two attached hydrogens (primary N) is 1. The number of carbonyl (C=O) groups is 1. The van der Waals surface area contributed by atoms with Crippen molar-refractivity contribution in [3.8, 4) is 0 Å². The summed E-state index contributed by atoms with van der Waals surface area (Å²) in [5.74, 6) is -0.112. The molecular weight excluding hydrogens is 420 g/mol. The quantitative estimate of drug-likeness (QED) is 0.397. The number of aryl methyl sites for hydroxylation is 1. The minimum atomic E-state index is -0.310. The Kier molecular flexibility index (Phi) is 5.12. The Hall–Kier alpha value is -4.04. The van der Waals surface area contributed by atoms with Crippen molar-refractivity contribution in [1.82, 2.24) is 20.0 Å². The molecule has 0 aliphatic rings. The lowest BCUT2D eigenvalue weighted by atomic mass is 10.1. The number of benzene rings is 2. The Balaban J connectivity index is 1.64. The lowest BCUT2D eigenvalue weighted by molar-refractivity contribution is 0.0953. The first-order valence-electron chi connectivity index (χ1n) is 10.1. The molecule has 0 spiro atoms. The summed E-state index contributed by atoms with van der Waals surface area (Å²) >= 11 is 1.58. The van der Waals surface area contributed by atoms with E-state index in [9.17, 15) is 4.79 Å². The standard InChI is InChI=1S/C24H20N6OS/c1-15-7-2-3-8-16(15)13-27-30-22(25)20(24(31)26-14-17-9-6-12-32-17)21-23(30)29-19-11-5-4-10-18(19)28-21/h2-13H,14,25H2,1H3,(H,26,31)/b27-13+. The number of nitrogen functional groups attached to an aromatic ring is 1. The van der Waals surface area contributed by atoms with Gasteiger partial charge in [-0.05, 0) is 41.6 Å². The molecule has 0 bridgehead atoms. The van der Waals surface area contributed by atoms with Gasteiger partial charge in [0.15, 0.2) is 5.65 Å². The monoisotopic (exact) mass is 440 g/mol. The average Bonchev–Trinajstić information content (AvgIpc) is 3.41. The maximum atomic E-state index is 13.1. The number of nitrogens with zero attached hydrogens (tertiary/aromatic N) is 4. The fraction of sp³-hybridized carbons (Fsp3) is 0.0833. The summed E-state index contributed by atoms with van der Waals surface area (Å²) in [5, 5.41) is 9.48. The molecule has 0 unspecified atom stereocenters. The van der Waals surface area contributed by atoms with Crippen LogP contribution in [0.1, 0.15) is 26.4 Å². The van der Waals surface area contributed by atoms with E-state index in [1.807, 2.05) is 73.0 Å². The van der Waals surface area contributed by atoms with Crippen LogP contribution in [0.2, 0.25) is 0 Å². The van der Waals surface area contributed by atoms with Crippen LogP contribution < -0.4 is 11.1 Å². The Bertz CT molecular complexity index is 1470. The Morgan fingerprint density at radius 2 is 1.84 bits per heavy atom. The van der Waals surface area contributed by atoms with E-state index in [4.69, 9.17) is 15.7 Å². The largest absolute Gasteiger partial charge is 0.383 e. The SMILES string of the molecule is Cc1ccccc1/C=N/n1c(N)c(C(=O)NCc2cccs2)c2nc3ccccc3nc21. The van der Waals surface area contributed by atoms with Crippen molar-refractivity contribution in [3.05, 3.63) is 87.6 Å². The van der Waals surface area contributed by atoms with Crippen LogP contribution in [0.5, 0.6) is 0 Å². The van der Waals surface area contributed by atoms with E-state index in [1.165, 1.54) is 4.68 Å². The van der Waals surface area contributed by atoms with Crippen LogP contribution in [-0.2, 0) is 6.54 Å². The third kappa shape index (κ3) is 3.61. The second-order valence-corrected chi connectivity index (χ2v) is 8.35. The van der Waals surface area contributed by atoms with Gasteiger partial charge < -0.3 is 11.1 Å². The Morgan fingerprint density at radius 3 is 2.59 bits per heavy atom. The maximum Gasteiger partial charge on any atom is 0.257 e. The summed E-state index contributed by atoms with van der Waals surface area (Å²) in [6.07, 6.45) is 1.72. The van der Waals surface area contributed by atoms with Crippen molar-refractivity contribution in [1.29, 1.82) is 0 Å². The van der Waals surface area contributed by atoms with E-state index in [0.717, 1.165) is 16.0 Å². The number of thiophene rings is 1. The molecule has 5 rings (SSSR count). The first-order chi connectivity index (χ1) is 15.6. The van der Waals surface area contributed by atoms with Crippen LogP contribution in [0.4, 0.5) is 5.82 Å². The lowest BCUT2D eigenvalue weighted by Crippen LogP contribution is -2.23. The number of hydrogen-bond donors (Lipinski definition) is 2. The van der Waals surface area contributed by atoms with Crippen molar-refractivity contribution < 1.29 is 4.79 Å². The van der Waals surface area contributed by atoms with Gasteiger partial charge in [-0.25, -0.2) is 9.97 Å². The van der Waals surface area contributed by atoms with Crippen LogP contribution in [-0.4, -0.2) is 26.8 Å². The molecule has 0 aliphatic carbocycles. The summed E-state index contributed by atoms with van der Waals surface area (Å²) in [6.45, 7) is 2.42. The van der Waals surface area contributed by atoms with E-state index in [-0.39, 0.29) is 17.3 Å². The topological polar surface area (TPSA) is 98.2 Å². The molecule has 158 valence electrons. The van der Waals surface area contributed by atoms with Crippen LogP contribution >= 0.6 is 11.3 Å². The summed E-state index contributed by atoms with van der Waals surface area (Å²) in [7, 11) is 0. The zero-order valence-electron chi connectivity index (χ0n) is 17.3. The second-order valence-electron chi connectivity index (χ2n) is 7.32. The van der Waals surface area contributed by atoms with Crippen molar-refractivity contribution >= 4 is 51.5 Å². The zero-order chi connectivity index (χ0) is 22.1. The molecular formula is C24H20N6OS. The molecule has 8 heteroatoms. The molecule has 0 fully saturated rings. The molecule has 0 saturated heterocycles. The fourth-order valence-electron chi connectivity index (χ4n) is 3.51. The molecule has 0 aliphatic heterocycles. The van der Waals surface area contributed by atoms with Gasteiger partial charge in [0.1, 0.15) is 16.9 Å². The van der Waals surface area contributed by atoms with Crippen molar-refractivity contribution in [2.45, 2.75) is 13.5 Å². The number of para-hydroxylation sites is 2. The van der Waals surface area contributed by atoms with Crippen molar-refractivity contribution in [2.24, 2.45) is 5.10 Å². The van der Waals surface area contributed by atoms with Crippen LogP contribution in [0.15, 0.2) is 71.1 Å². The highest BCUT2D eigenvalue weighted by Gasteiger charge is 2.24. The predicted molar refractivity (Wildman–Crippen MR) is 129 cm³/mol. The van der Waals surface area contributed by atoms with Gasteiger partial charge in [0, 0.05) is 4.88 Å². The van der Waals surface area contributed by atoms with E-state index in [1.54, 1.807) is 17.6 Å². The van der Waals surface area contributed by atoms with Crippen LogP contribution in [0.25, 0.3) is 22.2 Å². The van der Waals surface area contributed by atoms with Crippen LogP contribution in [0.3, 0.4) is 0 Å². The zero-order valence-corrected chi connectivity index (χ0v) is 18.1. The number of nitrogens with one attached hydrogen (secondary N) is 1. The normalized spacial score (nSPS) is 11.5. The van der Waals surface area contributed by atoms with Crippen molar-refractivity contribution in [3.63, 3.8) is 0 Å². The summed E-state index contributed by atoms with van der Waals surface area (Å²) in [6, 6.07) is 19.3. The third-order valence-electron chi connectivity index (χ3n) is 5.20. The first-order valence-corrected chi connectivity index (χ1v) is 11.0. The summed E-state index contributed by atoms with van der Waals surface area (Å²) < 4.78 is 1.49. The molecule has 0 saturated carbocycles. The number of amides is 1. The number of aromatic nitrogens is 3. The molecule has 3 heterocycles. The Morgan fingerprint density at radius 1 is 1.09 bits per heavy atom. The van der Waals surface area contributed by atoms with Gasteiger partial charge in [0.05, 0.1) is 23.8 Å². The van der Waals surface area contributed by atoms with E-state index >= 15 is 0 Å². The molecule has 5 aromatic rings. The molecule has 32 heavy (non-hydrogen) atoms. The number of rotatable bonds is 5. The Labute approximate surface area is 188 Å². The smallest absolute Gasteiger partial charge is 0.257 e. The van der Waals surface area contributed by atoms with Gasteiger partial charge in [-0.2, -0.15) is 9.78 Å². The van der Waals surface area contributed by atoms with Gasteiger partial charge in [-0.15, -0.1) is 11.3 Å². The van der Waals surface area contributed by atoms with E-state index in [0.29, 0.717) is 28.7 Å². The van der Waals surface area contributed by atoms with Gasteiger partial charge in [0.25, 0.3) is 5.91 Å². The molecule has 0 atom stereocenters. The van der Waals surface area contributed by atoms with Gasteiger partial charge >= 0.3 is 0 Å². The van der Waals surface area contributed by atoms with Gasteiger partial charge in [0.2, 0.25) is 0 Å². The highest BCUT2D eigenvalue weighted by molar-refractivity contribution is 7.09. The number of anilines is 1. The summed E-state index contributed by atoms with van der Waals surface area (Å²) in [4.78, 5) is 23.6. The lowest BCUT2D eigenvalue weighted by Gasteiger charge is -2.04. The molecule has 1 amide bonds. The van der Waals surface area contributed by atoms with Crippen LogP contribution in [0, 0.1) is 6.92 Å². The predicted octanol–water partition coefficient (Wildman–Crippen LogP) is 4.35. The average molecular weight is 441 g/mol. The number of hydrogen-bond acceptors (Lipinski definition) is 6. The van der Waals surface area contributed by atoms with Gasteiger partial charge in [-0.1, -0.05) is 42.5 Å². The summed E-state index contributed by atoms with van der Waals surface area (Å²) in [5.41, 5.74) is 11.0. The third-order valence-corrected chi connectivity index (χ3v) is 6.08.